The molecule has 1 fully saturated rings. The lowest BCUT2D eigenvalue weighted by atomic mass is 9.90. The molecule has 1 aliphatic rings. The van der Waals surface area contributed by atoms with Crippen molar-refractivity contribution in [2.75, 3.05) is 5.88 Å². The molecule has 0 aromatic heterocycles. The van der Waals surface area contributed by atoms with Gasteiger partial charge in [-0.15, -0.1) is 11.6 Å². The first-order chi connectivity index (χ1) is 8.63. The van der Waals surface area contributed by atoms with E-state index in [4.69, 9.17) is 11.6 Å². The van der Waals surface area contributed by atoms with Crippen molar-refractivity contribution in [2.45, 2.75) is 71.3 Å². The van der Waals surface area contributed by atoms with Crippen molar-refractivity contribution in [1.82, 2.24) is 5.32 Å². The minimum Gasteiger partial charge on any atom is -0.352 e. The van der Waals surface area contributed by atoms with Crippen molar-refractivity contribution in [2.24, 2.45) is 11.8 Å². The zero-order valence-corrected chi connectivity index (χ0v) is 12.6. The van der Waals surface area contributed by atoms with E-state index in [0.717, 1.165) is 19.3 Å². The summed E-state index contributed by atoms with van der Waals surface area (Å²) in [4.78, 5) is 12.2. The molecular weight excluding hydrogens is 246 g/mol. The average Bonchev–Trinajstić information content (AvgIpc) is 2.26. The first-order valence-electron chi connectivity index (χ1n) is 7.49. The molecule has 1 unspecified atom stereocenters. The molecule has 2 nitrogen and oxygen atoms in total. The number of amides is 1. The van der Waals surface area contributed by atoms with Gasteiger partial charge in [0.1, 0.15) is 0 Å². The lowest BCUT2D eigenvalue weighted by Gasteiger charge is -2.23. The number of hydrogen-bond acceptors (Lipinski definition) is 1. The second kappa shape index (κ2) is 8.79. The molecule has 0 heterocycles. The topological polar surface area (TPSA) is 29.1 Å². The Morgan fingerprint density at radius 2 is 1.72 bits per heavy atom. The second-order valence-electron chi connectivity index (χ2n) is 6.03. The summed E-state index contributed by atoms with van der Waals surface area (Å²) in [6, 6.07) is 0.143. The van der Waals surface area contributed by atoms with Gasteiger partial charge in [0.25, 0.3) is 0 Å². The fourth-order valence-electron chi connectivity index (χ4n) is 2.77. The number of hydrogen-bond donors (Lipinski definition) is 1. The molecule has 1 saturated carbocycles. The van der Waals surface area contributed by atoms with Crippen molar-refractivity contribution in [3.8, 4) is 0 Å². The second-order valence-corrected chi connectivity index (χ2v) is 6.34. The molecule has 1 rings (SSSR count). The summed E-state index contributed by atoms with van der Waals surface area (Å²) < 4.78 is 0. The number of carbonyl (C=O) groups is 1. The fraction of sp³-hybridized carbons (Fsp3) is 0.933. The smallest absolute Gasteiger partial charge is 0.223 e. The van der Waals surface area contributed by atoms with E-state index in [1.165, 1.54) is 32.1 Å². The van der Waals surface area contributed by atoms with Gasteiger partial charge < -0.3 is 5.32 Å². The monoisotopic (exact) mass is 273 g/mol. The van der Waals surface area contributed by atoms with Crippen LogP contribution in [0.2, 0.25) is 0 Å². The van der Waals surface area contributed by atoms with Crippen molar-refractivity contribution in [3.63, 3.8) is 0 Å². The molecule has 0 saturated heterocycles. The molecule has 1 amide bonds. The summed E-state index contributed by atoms with van der Waals surface area (Å²) in [5.41, 5.74) is 0. The van der Waals surface area contributed by atoms with Crippen LogP contribution in [0.3, 0.4) is 0 Å². The van der Waals surface area contributed by atoms with Crippen LogP contribution in [0.5, 0.6) is 0 Å². The van der Waals surface area contributed by atoms with Crippen molar-refractivity contribution in [1.29, 1.82) is 0 Å². The van der Waals surface area contributed by atoms with E-state index in [-0.39, 0.29) is 17.9 Å². The Bertz CT molecular complexity index is 235. The third kappa shape index (κ3) is 6.08. The van der Waals surface area contributed by atoms with E-state index in [0.29, 0.717) is 11.8 Å². The maximum absolute atomic E-state index is 12.2. The van der Waals surface area contributed by atoms with Gasteiger partial charge in [-0.05, 0) is 25.2 Å². The van der Waals surface area contributed by atoms with Crippen molar-refractivity contribution >= 4 is 17.5 Å². The summed E-state index contributed by atoms with van der Waals surface area (Å²) in [6.45, 7) is 4.34. The molecule has 3 heteroatoms. The molecule has 0 aliphatic heterocycles. The summed E-state index contributed by atoms with van der Waals surface area (Å²) in [5.74, 6) is 1.56. The quantitative estimate of drug-likeness (QED) is 0.750. The first-order valence-corrected chi connectivity index (χ1v) is 8.03. The normalized spacial score (nSPS) is 20.2. The molecule has 1 atom stereocenters. The Hall–Kier alpha value is -0.240. The molecule has 1 N–H and O–H groups in total. The zero-order chi connectivity index (χ0) is 13.4. The van der Waals surface area contributed by atoms with Gasteiger partial charge in [0.15, 0.2) is 0 Å². The molecule has 106 valence electrons. The largest absolute Gasteiger partial charge is 0.352 e. The van der Waals surface area contributed by atoms with Crippen LogP contribution in [-0.2, 0) is 4.79 Å². The summed E-state index contributed by atoms with van der Waals surface area (Å²) in [5, 5.41) is 3.15. The van der Waals surface area contributed by atoms with Crippen LogP contribution in [0.1, 0.15) is 65.2 Å². The average molecular weight is 274 g/mol. The van der Waals surface area contributed by atoms with E-state index in [1.54, 1.807) is 0 Å². The van der Waals surface area contributed by atoms with Crippen LogP contribution >= 0.6 is 11.6 Å². The first kappa shape index (κ1) is 15.8. The Balaban J connectivity index is 2.40. The minimum absolute atomic E-state index is 0.143. The van der Waals surface area contributed by atoms with Crippen LogP contribution in [0.15, 0.2) is 0 Å². The lowest BCUT2D eigenvalue weighted by molar-refractivity contribution is -0.126. The van der Waals surface area contributed by atoms with Crippen molar-refractivity contribution in [3.05, 3.63) is 0 Å². The molecule has 0 spiro atoms. The summed E-state index contributed by atoms with van der Waals surface area (Å²) >= 11 is 5.94. The van der Waals surface area contributed by atoms with Crippen molar-refractivity contribution < 1.29 is 4.79 Å². The number of carbonyl (C=O) groups excluding carboxylic acids is 1. The Morgan fingerprint density at radius 3 is 2.22 bits per heavy atom. The third-order valence-corrected chi connectivity index (χ3v) is 4.14. The van der Waals surface area contributed by atoms with Gasteiger partial charge in [0, 0.05) is 17.8 Å². The molecular formula is C15H28ClNO. The van der Waals surface area contributed by atoms with Gasteiger partial charge in [-0.3, -0.25) is 4.79 Å². The third-order valence-electron chi connectivity index (χ3n) is 3.76. The highest BCUT2D eigenvalue weighted by atomic mass is 35.5. The van der Waals surface area contributed by atoms with E-state index in [1.807, 2.05) is 0 Å². The van der Waals surface area contributed by atoms with Gasteiger partial charge in [-0.2, -0.15) is 0 Å². The Labute approximate surface area is 117 Å². The van der Waals surface area contributed by atoms with Crippen LogP contribution in [0.4, 0.5) is 0 Å². The highest BCUT2D eigenvalue weighted by molar-refractivity contribution is 6.18. The standard InChI is InChI=1S/C15H28ClNO/c1-12(2)10-14(11-16)17-15(18)13-8-6-4-3-5-7-9-13/h12-14H,3-11H2,1-2H3,(H,17,18). The Morgan fingerprint density at radius 1 is 1.17 bits per heavy atom. The van der Waals surface area contributed by atoms with Gasteiger partial charge in [-0.25, -0.2) is 0 Å². The van der Waals surface area contributed by atoms with Crippen LogP contribution < -0.4 is 5.32 Å². The molecule has 1 aliphatic carbocycles. The molecule has 0 aromatic carbocycles. The predicted octanol–water partition coefficient (Wildman–Crippen LogP) is 4.12. The molecule has 0 radical (unpaired) electrons. The van der Waals surface area contributed by atoms with Gasteiger partial charge in [-0.1, -0.05) is 46.0 Å². The number of nitrogens with one attached hydrogen (secondary N) is 1. The van der Waals surface area contributed by atoms with E-state index < -0.39 is 0 Å². The van der Waals surface area contributed by atoms with E-state index in [9.17, 15) is 4.79 Å². The van der Waals surface area contributed by atoms with Gasteiger partial charge >= 0.3 is 0 Å². The van der Waals surface area contributed by atoms with Gasteiger partial charge in [0.2, 0.25) is 5.91 Å². The highest BCUT2D eigenvalue weighted by Gasteiger charge is 2.22. The predicted molar refractivity (Wildman–Crippen MR) is 77.9 cm³/mol. The maximum atomic E-state index is 12.2. The van der Waals surface area contributed by atoms with Crippen LogP contribution in [0, 0.1) is 11.8 Å². The fourth-order valence-corrected chi connectivity index (χ4v) is 2.97. The SMILES string of the molecule is CC(C)CC(CCl)NC(=O)C1CCCCCCC1. The number of rotatable bonds is 5. The Kier molecular flexibility index (Phi) is 7.73. The summed E-state index contributed by atoms with van der Waals surface area (Å²) in [7, 11) is 0. The minimum atomic E-state index is 0.143. The van der Waals surface area contributed by atoms with Crippen LogP contribution in [-0.4, -0.2) is 17.8 Å². The highest BCUT2D eigenvalue weighted by Crippen LogP contribution is 2.22. The maximum Gasteiger partial charge on any atom is 0.223 e. The lowest BCUT2D eigenvalue weighted by Crippen LogP contribution is -2.41. The molecule has 0 bridgehead atoms. The van der Waals surface area contributed by atoms with Crippen LogP contribution in [0.25, 0.3) is 0 Å². The van der Waals surface area contributed by atoms with E-state index in [2.05, 4.69) is 19.2 Å². The molecule has 18 heavy (non-hydrogen) atoms. The number of alkyl halides is 1. The van der Waals surface area contributed by atoms with Gasteiger partial charge in [0.05, 0.1) is 0 Å². The van der Waals surface area contributed by atoms with E-state index >= 15 is 0 Å². The number of halogens is 1. The zero-order valence-electron chi connectivity index (χ0n) is 11.9. The molecule has 0 aromatic rings. The summed E-state index contributed by atoms with van der Waals surface area (Å²) in [6.07, 6.45) is 9.41.